The lowest BCUT2D eigenvalue weighted by Gasteiger charge is -2.36. The zero-order chi connectivity index (χ0) is 27.6. The number of aliphatic hydroxyl groups is 1. The highest BCUT2D eigenvalue weighted by atomic mass is 32.2. The van der Waals surface area contributed by atoms with Crippen molar-refractivity contribution in [2.45, 2.75) is 30.6 Å². The molecule has 4 aromatic rings. The molecule has 0 aromatic carbocycles. The van der Waals surface area contributed by atoms with Crippen molar-refractivity contribution in [1.82, 2.24) is 25.3 Å². The Morgan fingerprint density at radius 1 is 1.10 bits per heavy atom. The number of anilines is 1. The van der Waals surface area contributed by atoms with Crippen molar-refractivity contribution < 1.29 is 23.1 Å². The van der Waals surface area contributed by atoms with Crippen molar-refractivity contribution in [3.63, 3.8) is 0 Å². The zero-order valence-electron chi connectivity index (χ0n) is 21.5. The highest BCUT2D eigenvalue weighted by Crippen LogP contribution is 2.24. The summed E-state index contributed by atoms with van der Waals surface area (Å²) in [5, 5.41) is 13.1. The first-order valence-electron chi connectivity index (χ1n) is 12.4. The maximum absolute atomic E-state index is 12.6. The molecule has 11 nitrogen and oxygen atoms in total. The number of nitrogens with one attached hydrogen (secondary N) is 1. The summed E-state index contributed by atoms with van der Waals surface area (Å²) in [4.78, 5) is 32.6. The Hall–Kier alpha value is -4.00. The molecule has 0 bridgehead atoms. The van der Waals surface area contributed by atoms with Crippen LogP contribution in [-0.4, -0.2) is 77.5 Å². The van der Waals surface area contributed by atoms with Crippen LogP contribution in [0.3, 0.4) is 0 Å². The molecule has 12 heteroatoms. The summed E-state index contributed by atoms with van der Waals surface area (Å²) in [5.41, 5.74) is 2.82. The molecule has 0 aliphatic carbocycles. The van der Waals surface area contributed by atoms with Gasteiger partial charge in [-0.3, -0.25) is 14.8 Å². The van der Waals surface area contributed by atoms with E-state index in [0.717, 1.165) is 17.5 Å². The summed E-state index contributed by atoms with van der Waals surface area (Å²) in [6.07, 6.45) is 4.99. The molecule has 5 heterocycles. The molecule has 0 radical (unpaired) electrons. The fourth-order valence-electron chi connectivity index (χ4n) is 4.39. The molecule has 1 saturated heterocycles. The first-order chi connectivity index (χ1) is 18.7. The van der Waals surface area contributed by atoms with Gasteiger partial charge in [0.2, 0.25) is 0 Å². The maximum atomic E-state index is 12.6. The lowest BCUT2D eigenvalue weighted by Crippen LogP contribution is -2.48. The molecule has 0 spiro atoms. The Bertz CT molecular complexity index is 1630. The lowest BCUT2D eigenvalue weighted by molar-refractivity contribution is -0.0422. The van der Waals surface area contributed by atoms with Crippen LogP contribution in [0.5, 0.6) is 0 Å². The monoisotopic (exact) mass is 548 g/mol. The van der Waals surface area contributed by atoms with E-state index in [1.807, 2.05) is 37.3 Å². The molecule has 5 rings (SSSR count). The van der Waals surface area contributed by atoms with Crippen molar-refractivity contribution >= 4 is 32.5 Å². The van der Waals surface area contributed by atoms with E-state index in [2.05, 4.69) is 20.2 Å². The van der Waals surface area contributed by atoms with Crippen LogP contribution < -0.4 is 10.2 Å². The minimum absolute atomic E-state index is 0.0218. The molecule has 1 amide bonds. The number of pyridine rings is 4. The first-order valence-corrected chi connectivity index (χ1v) is 14.3. The molecule has 0 saturated carbocycles. The van der Waals surface area contributed by atoms with E-state index in [4.69, 9.17) is 14.7 Å². The highest BCUT2D eigenvalue weighted by Gasteiger charge is 2.25. The summed E-state index contributed by atoms with van der Waals surface area (Å²) < 4.78 is 29.3. The molecule has 202 valence electrons. The molecule has 1 aliphatic rings. The average Bonchev–Trinajstić information content (AvgIpc) is 2.94. The summed E-state index contributed by atoms with van der Waals surface area (Å²) in [6, 6.07) is 12.7. The maximum Gasteiger partial charge on any atom is 0.253 e. The smallest absolute Gasteiger partial charge is 0.253 e. The van der Waals surface area contributed by atoms with Crippen molar-refractivity contribution in [2.75, 3.05) is 30.9 Å². The summed E-state index contributed by atoms with van der Waals surface area (Å²) in [6.45, 7) is 3.28. The molecular weight excluding hydrogens is 520 g/mol. The normalized spacial score (nSPS) is 17.8. The predicted octanol–water partition coefficient (Wildman–Crippen LogP) is 2.01. The zero-order valence-corrected chi connectivity index (χ0v) is 22.3. The van der Waals surface area contributed by atoms with Gasteiger partial charge < -0.3 is 20.1 Å². The standard InChI is InChI=1S/C27H28N6O5S/c1-17-14-33(15-21(16-34)38-17)26-5-3-4-23(32-26)24-7-6-18-11-29-20(9-25(18)31-24)12-30-27(35)19-8-22(13-28-10-19)39(2,36)37/h3-11,13,17,21,34H,12,14-16H2,1-2H3,(H,30,35)/t17-,21-/m1/s1. The number of carbonyl (C=O) groups excluding carboxylic acids is 1. The number of rotatable bonds is 7. The number of fused-ring (bicyclic) bond motifs is 1. The number of ether oxygens (including phenoxy) is 1. The second-order valence-electron chi connectivity index (χ2n) is 9.47. The number of sulfone groups is 1. The Kier molecular flexibility index (Phi) is 7.51. The van der Waals surface area contributed by atoms with Crippen molar-refractivity contribution in [1.29, 1.82) is 0 Å². The van der Waals surface area contributed by atoms with Crippen molar-refractivity contribution in [3.8, 4) is 11.4 Å². The summed E-state index contributed by atoms with van der Waals surface area (Å²) >= 11 is 0. The fourth-order valence-corrected chi connectivity index (χ4v) is 4.98. The van der Waals surface area contributed by atoms with Gasteiger partial charge in [-0.1, -0.05) is 6.07 Å². The van der Waals surface area contributed by atoms with Gasteiger partial charge in [-0.15, -0.1) is 0 Å². The van der Waals surface area contributed by atoms with E-state index >= 15 is 0 Å². The van der Waals surface area contributed by atoms with E-state index in [9.17, 15) is 18.3 Å². The van der Waals surface area contributed by atoms with Crippen LogP contribution in [0.25, 0.3) is 22.3 Å². The molecule has 2 atom stereocenters. The van der Waals surface area contributed by atoms with Crippen LogP contribution in [0.4, 0.5) is 5.82 Å². The van der Waals surface area contributed by atoms with Gasteiger partial charge in [0.1, 0.15) is 5.82 Å². The minimum Gasteiger partial charge on any atom is -0.394 e. The fraction of sp³-hybridized carbons (Fsp3) is 0.296. The summed E-state index contributed by atoms with van der Waals surface area (Å²) in [5.74, 6) is 0.328. The van der Waals surface area contributed by atoms with E-state index < -0.39 is 15.7 Å². The van der Waals surface area contributed by atoms with Gasteiger partial charge in [0, 0.05) is 43.3 Å². The number of hydrogen-bond acceptors (Lipinski definition) is 10. The van der Waals surface area contributed by atoms with Gasteiger partial charge in [-0.25, -0.2) is 18.4 Å². The van der Waals surface area contributed by atoms with Gasteiger partial charge in [0.15, 0.2) is 9.84 Å². The van der Waals surface area contributed by atoms with Crippen LogP contribution in [0.15, 0.2) is 66.0 Å². The SMILES string of the molecule is C[C@@H]1CN(c2cccc(-c3ccc4cnc(CNC(=O)c5cncc(S(C)(=O)=O)c5)cc4n3)n2)C[C@H](CO)O1. The van der Waals surface area contributed by atoms with Crippen LogP contribution >= 0.6 is 0 Å². The van der Waals surface area contributed by atoms with Gasteiger partial charge in [0.25, 0.3) is 5.91 Å². The molecule has 1 aliphatic heterocycles. The van der Waals surface area contributed by atoms with Crippen molar-refractivity contribution in [2.24, 2.45) is 0 Å². The third-order valence-corrected chi connectivity index (χ3v) is 7.39. The number of carbonyl (C=O) groups is 1. The number of morpholine rings is 1. The van der Waals surface area contributed by atoms with Crippen molar-refractivity contribution in [3.05, 3.63) is 72.3 Å². The molecule has 0 unspecified atom stereocenters. The van der Waals surface area contributed by atoms with E-state index in [1.165, 1.54) is 18.5 Å². The number of nitrogens with zero attached hydrogens (tertiary/aromatic N) is 5. The Morgan fingerprint density at radius 3 is 2.72 bits per heavy atom. The van der Waals surface area contributed by atoms with E-state index in [1.54, 1.807) is 12.3 Å². The largest absolute Gasteiger partial charge is 0.394 e. The number of amides is 1. The van der Waals surface area contributed by atoms with Crippen LogP contribution in [0, 0.1) is 0 Å². The first kappa shape index (κ1) is 26.6. The third-order valence-electron chi connectivity index (χ3n) is 6.31. The number of hydrogen-bond donors (Lipinski definition) is 2. The number of aromatic nitrogens is 4. The third kappa shape index (κ3) is 6.19. The Morgan fingerprint density at radius 2 is 1.92 bits per heavy atom. The van der Waals surface area contributed by atoms with E-state index in [-0.39, 0.29) is 35.8 Å². The Labute approximate surface area is 225 Å². The quantitative estimate of drug-likeness (QED) is 0.351. The van der Waals surface area contributed by atoms with Gasteiger partial charge >= 0.3 is 0 Å². The van der Waals surface area contributed by atoms with Gasteiger partial charge in [-0.2, -0.15) is 0 Å². The van der Waals surface area contributed by atoms with Gasteiger partial charge in [-0.05, 0) is 43.3 Å². The molecule has 39 heavy (non-hydrogen) atoms. The van der Waals surface area contributed by atoms with E-state index in [0.29, 0.717) is 35.7 Å². The molecule has 2 N–H and O–H groups in total. The van der Waals surface area contributed by atoms with Gasteiger partial charge in [0.05, 0.1) is 58.4 Å². The Balaban J connectivity index is 1.33. The van der Waals surface area contributed by atoms with Crippen LogP contribution in [0.2, 0.25) is 0 Å². The highest BCUT2D eigenvalue weighted by molar-refractivity contribution is 7.90. The van der Waals surface area contributed by atoms with Crippen LogP contribution in [-0.2, 0) is 21.1 Å². The second-order valence-corrected chi connectivity index (χ2v) is 11.5. The molecule has 4 aromatic heterocycles. The predicted molar refractivity (Wildman–Crippen MR) is 145 cm³/mol. The second kappa shape index (κ2) is 11.0. The summed E-state index contributed by atoms with van der Waals surface area (Å²) in [7, 11) is -3.48. The average molecular weight is 549 g/mol. The lowest BCUT2D eigenvalue weighted by atomic mass is 10.1. The minimum atomic E-state index is -3.48. The molecular formula is C27H28N6O5S. The topological polar surface area (TPSA) is 147 Å². The van der Waals surface area contributed by atoms with Crippen LogP contribution in [0.1, 0.15) is 23.0 Å². The number of aliphatic hydroxyl groups excluding tert-OH is 1. The molecule has 1 fully saturated rings.